The first-order valence-corrected chi connectivity index (χ1v) is 29.9. The minimum Gasteiger partial charge on any atom is -0.497 e. The summed E-state index contributed by atoms with van der Waals surface area (Å²) in [4.78, 5) is 32.9. The summed E-state index contributed by atoms with van der Waals surface area (Å²) in [5.74, 6) is 10.6. The van der Waals surface area contributed by atoms with Crippen LogP contribution >= 0.6 is 11.8 Å². The molecule has 0 fully saturated rings. The maximum atomic E-state index is 13.1. The lowest BCUT2D eigenvalue weighted by molar-refractivity contribution is 0.103. The van der Waals surface area contributed by atoms with E-state index in [9.17, 15) is 9.59 Å². The molecule has 432 valence electrons. The topological polar surface area (TPSA) is 128 Å². The van der Waals surface area contributed by atoms with Crippen molar-refractivity contribution >= 4 is 57.6 Å². The molecule has 0 heterocycles. The second-order valence-electron chi connectivity index (χ2n) is 19.5. The van der Waals surface area contributed by atoms with E-state index in [0.29, 0.717) is 56.8 Å². The van der Waals surface area contributed by atoms with Crippen LogP contribution in [0.5, 0.6) is 57.5 Å². The van der Waals surface area contributed by atoms with Crippen LogP contribution in [-0.4, -0.2) is 43.6 Å². The van der Waals surface area contributed by atoms with Crippen LogP contribution in [0.1, 0.15) is 54.1 Å². The summed E-state index contributed by atoms with van der Waals surface area (Å²) >= 11 is 3.09. The number of nitrogen functional groups attached to an aromatic ring is 1. The third kappa shape index (κ3) is 17.3. The number of aryl methyl sites for hydroxylation is 2. The number of thioether (sulfide) groups is 1. The van der Waals surface area contributed by atoms with Crippen LogP contribution in [0.25, 0.3) is 0 Å². The molecule has 11 aromatic carbocycles. The Bertz CT molecular complexity index is 4060. The Hall–Kier alpha value is -10.5. The Labute approximate surface area is 516 Å². The van der Waals surface area contributed by atoms with Crippen molar-refractivity contribution in [3.63, 3.8) is 0 Å². The van der Waals surface area contributed by atoms with Gasteiger partial charge in [0.15, 0.2) is 17.4 Å². The fraction of sp³-hybridized carbons (Fsp3) is 0.0667. The number of anilines is 1. The van der Waals surface area contributed by atoms with Crippen molar-refractivity contribution in [3.8, 4) is 57.5 Å². The smallest absolute Gasteiger partial charge is 0.252 e. The van der Waals surface area contributed by atoms with E-state index >= 15 is 0 Å². The molecule has 0 aliphatic rings. The van der Waals surface area contributed by atoms with Crippen molar-refractivity contribution in [2.45, 2.75) is 23.6 Å². The number of nitrogens with two attached hydrogens (primary N) is 1. The van der Waals surface area contributed by atoms with Gasteiger partial charge in [0.25, 0.3) is 4.90 Å². The number of carbonyl (C=O) groups is 2. The van der Waals surface area contributed by atoms with Crippen molar-refractivity contribution in [1.29, 1.82) is 0 Å². The van der Waals surface area contributed by atoms with E-state index in [4.69, 9.17) is 39.1 Å². The highest BCUT2D eigenvalue weighted by Crippen LogP contribution is 2.33. The molecule has 0 aromatic heterocycles. The molecule has 11 aromatic rings. The van der Waals surface area contributed by atoms with Crippen molar-refractivity contribution in [1.82, 2.24) is 0 Å². The number of para-hydroxylation sites is 2. The molecule has 12 heteroatoms. The van der Waals surface area contributed by atoms with E-state index in [1.54, 1.807) is 123 Å². The molecule has 2 N–H and O–H groups in total. The summed E-state index contributed by atoms with van der Waals surface area (Å²) in [6.07, 6.45) is 2.05. The number of ketones is 2. The van der Waals surface area contributed by atoms with Gasteiger partial charge in [-0.25, -0.2) is 4.99 Å². The summed E-state index contributed by atoms with van der Waals surface area (Å²) in [6.45, 7) is 4.06. The van der Waals surface area contributed by atoms with E-state index in [2.05, 4.69) is 18.2 Å². The normalized spacial score (nSPS) is 10.7. The van der Waals surface area contributed by atoms with Gasteiger partial charge in [-0.3, -0.25) is 9.59 Å². The van der Waals surface area contributed by atoms with Crippen molar-refractivity contribution in [2.75, 3.05) is 26.2 Å². The quantitative estimate of drug-likeness (QED) is 0.0209. The number of ether oxygens (including phenoxy) is 6. The van der Waals surface area contributed by atoms with Gasteiger partial charge in [-0.1, -0.05) is 59.7 Å². The minimum atomic E-state index is -0.0804. The van der Waals surface area contributed by atoms with E-state index in [0.717, 1.165) is 66.6 Å². The lowest BCUT2D eigenvalue weighted by atomic mass is 10.0. The first-order valence-electron chi connectivity index (χ1n) is 27.7. The summed E-state index contributed by atoms with van der Waals surface area (Å²) in [5.41, 5.74) is 14.8. The number of hydrogen-bond donors (Lipinski definition) is 1. The molecule has 0 radical (unpaired) electrons. The Balaban J connectivity index is 0.000000223. The highest BCUT2D eigenvalue weighted by molar-refractivity contribution is 7.98. The zero-order valence-corrected chi connectivity index (χ0v) is 50.4. The Kier molecular flexibility index (Phi) is 21.3. The second kappa shape index (κ2) is 30.3. The zero-order valence-electron chi connectivity index (χ0n) is 48.7. The average Bonchev–Trinajstić information content (AvgIpc) is 3.24. The number of methoxy groups -OCH3 is 2. The lowest BCUT2D eigenvalue weighted by Crippen LogP contribution is -2.03. The monoisotopic (exact) mass is 1180 g/mol. The summed E-state index contributed by atoms with van der Waals surface area (Å²) in [7, 11) is 3.26. The van der Waals surface area contributed by atoms with Crippen molar-refractivity contribution in [2.24, 2.45) is 4.99 Å². The van der Waals surface area contributed by atoms with E-state index in [-0.39, 0.29) is 11.6 Å². The summed E-state index contributed by atoms with van der Waals surface area (Å²) in [6, 6.07) is 83.2. The zero-order chi connectivity index (χ0) is 60.9. The predicted molar refractivity (Wildman–Crippen MR) is 355 cm³/mol. The fourth-order valence-electron chi connectivity index (χ4n) is 8.61. The van der Waals surface area contributed by atoms with Crippen LogP contribution < -0.4 is 34.2 Å². The number of nitrogens with zero attached hydrogens (tertiary/aromatic N) is 1. The van der Waals surface area contributed by atoms with E-state index in [1.165, 1.54) is 16.9 Å². The Morgan fingerprint density at radius 1 is 0.379 bits per heavy atom. The van der Waals surface area contributed by atoms with Gasteiger partial charge in [0.1, 0.15) is 57.5 Å². The highest BCUT2D eigenvalue weighted by Gasteiger charge is 2.14. The molecular weight excluding hydrogens is 1120 g/mol. The molecule has 0 saturated heterocycles. The minimum absolute atomic E-state index is 0.0282. The van der Waals surface area contributed by atoms with Gasteiger partial charge >= 0.3 is 0 Å². The Morgan fingerprint density at radius 2 is 0.655 bits per heavy atom. The van der Waals surface area contributed by atoms with Gasteiger partial charge in [0.05, 0.1) is 31.3 Å². The maximum absolute atomic E-state index is 13.1. The molecule has 0 unspecified atom stereocenters. The maximum Gasteiger partial charge on any atom is 0.252 e. The number of hydrogen-bond acceptors (Lipinski definition) is 11. The number of benzene rings is 11. The first-order chi connectivity index (χ1) is 42.4. The number of carbonyl (C=O) groups excluding carboxylic acids is 2. The van der Waals surface area contributed by atoms with Crippen LogP contribution in [0.15, 0.2) is 282 Å². The van der Waals surface area contributed by atoms with Crippen molar-refractivity contribution in [3.05, 3.63) is 311 Å². The Morgan fingerprint density at radius 3 is 0.954 bits per heavy atom. The van der Waals surface area contributed by atoms with Gasteiger partial charge in [-0.2, -0.15) is 0 Å². The molecular formula is C75H63N2O8S2+. The second-order valence-corrected chi connectivity index (χ2v) is 21.1. The van der Waals surface area contributed by atoms with Gasteiger partial charge in [-0.15, -0.1) is 11.8 Å². The fourth-order valence-corrected chi connectivity index (χ4v) is 9.56. The number of rotatable bonds is 19. The van der Waals surface area contributed by atoms with Gasteiger partial charge in [0, 0.05) is 44.3 Å². The van der Waals surface area contributed by atoms with Gasteiger partial charge in [-0.05, 0) is 232 Å². The molecule has 0 saturated carbocycles. The number of aliphatic imine (C=N–C) groups is 1. The summed E-state index contributed by atoms with van der Waals surface area (Å²) < 4.78 is 34.4. The average molecular weight is 1180 g/mol. The largest absolute Gasteiger partial charge is 0.497 e. The van der Waals surface area contributed by atoms with Gasteiger partial charge < -0.3 is 34.2 Å². The molecule has 0 spiro atoms. The van der Waals surface area contributed by atoms with E-state index in [1.807, 2.05) is 178 Å². The molecule has 0 aliphatic carbocycles. The molecule has 10 nitrogen and oxygen atoms in total. The van der Waals surface area contributed by atoms with Gasteiger partial charge in [0.2, 0.25) is 11.4 Å². The molecule has 87 heavy (non-hydrogen) atoms. The molecule has 0 bridgehead atoms. The first kappa shape index (κ1) is 61.0. The lowest BCUT2D eigenvalue weighted by Gasteiger charge is -2.12. The van der Waals surface area contributed by atoms with E-state index < -0.39 is 0 Å². The molecule has 0 atom stereocenters. The van der Waals surface area contributed by atoms with Crippen LogP contribution in [0.2, 0.25) is 0 Å². The van der Waals surface area contributed by atoms with Crippen LogP contribution in [0, 0.1) is 13.8 Å². The molecule has 0 amide bonds. The third-order valence-corrected chi connectivity index (χ3v) is 14.9. The molecule has 0 aliphatic heterocycles. The third-order valence-electron chi connectivity index (χ3n) is 13.4. The van der Waals surface area contributed by atoms with Crippen molar-refractivity contribution < 1.29 is 38.0 Å². The SMILES string of the molecule is C=[S+]c1ccccc1N.COc1ccc(C(=Nc2ccccc2SC)c2ccc(Oc3ccc(Oc4ccc(C(=O)c5ccc(Oc6ccc(C)cc6)cc5)cc4)cc3)cc2)cc1.COc1ccc(C(=O)c2ccc(Oc3ccc(C)cc3)cc2)cc1. The highest BCUT2D eigenvalue weighted by atomic mass is 32.2. The van der Waals surface area contributed by atoms with Crippen LogP contribution in [-0.2, 0) is 11.4 Å². The molecule has 11 rings (SSSR count). The standard InChI is InChI=1S/C47H37NO5S.C21H18O3.C7H8NS/c1-32-8-18-38(19-9-32)51-40-24-14-35(15-25-40)47(49)36-16-26-41(27-17-36)53-43-30-28-42(29-31-43)52-39-22-12-34(13-23-39)46(33-10-20-37(50-2)21-11-33)48-44-6-4-5-7-45(44)54-3;1-15-3-9-19(10-4-15)24-20-13-7-17(8-14-20)21(22)16-5-11-18(23-2)12-6-16;1-9-7-5-3-2-4-6(7)8/h4-31H,1-3H3;3-14H,1-2H3;2-5H,1,8H2/q;;+1. The predicted octanol–water partition coefficient (Wildman–Crippen LogP) is 18.7. The van der Waals surface area contributed by atoms with Crippen LogP contribution in [0.3, 0.4) is 0 Å². The summed E-state index contributed by atoms with van der Waals surface area (Å²) in [5, 5.41) is 0. The van der Waals surface area contributed by atoms with Crippen LogP contribution in [0.4, 0.5) is 11.4 Å².